The number of ether oxygens (including phenoxy) is 3. The average Bonchev–Trinajstić information content (AvgIpc) is 2.90. The first-order valence-electron chi connectivity index (χ1n) is 11.7. The smallest absolute Gasteiger partial charge is 0.322 e. The second kappa shape index (κ2) is 11.0. The first-order chi connectivity index (χ1) is 17.4. The molecule has 188 valence electrons. The van der Waals surface area contributed by atoms with Crippen LogP contribution in [-0.2, 0) is 6.42 Å². The fraction of sp³-hybridized carbons (Fsp3) is 0.286. The lowest BCUT2D eigenvalue weighted by Gasteiger charge is -2.38. The largest absolute Gasteiger partial charge is 0.497 e. The minimum absolute atomic E-state index is 0.231. The molecule has 8 heteroatoms. The number of benzene rings is 3. The zero-order chi connectivity index (χ0) is 25.7. The van der Waals surface area contributed by atoms with Crippen molar-refractivity contribution in [2.75, 3.05) is 39.7 Å². The second-order valence-corrected chi connectivity index (χ2v) is 8.60. The zero-order valence-corrected chi connectivity index (χ0v) is 21.0. The molecule has 2 N–H and O–H groups in total. The number of carbonyl (C=O) groups is 2. The van der Waals surface area contributed by atoms with E-state index in [1.165, 1.54) is 0 Å². The maximum absolute atomic E-state index is 13.4. The number of aryl methyl sites for hydroxylation is 1. The topological polar surface area (TPSA) is 89.1 Å². The van der Waals surface area contributed by atoms with Crippen molar-refractivity contribution in [3.8, 4) is 17.2 Å². The van der Waals surface area contributed by atoms with Crippen LogP contribution in [0.15, 0.2) is 60.7 Å². The van der Waals surface area contributed by atoms with Crippen molar-refractivity contribution in [3.05, 3.63) is 82.9 Å². The van der Waals surface area contributed by atoms with Crippen LogP contribution in [-0.4, -0.2) is 51.3 Å². The van der Waals surface area contributed by atoms with Gasteiger partial charge >= 0.3 is 6.03 Å². The van der Waals surface area contributed by atoms with Gasteiger partial charge < -0.3 is 29.7 Å². The molecule has 36 heavy (non-hydrogen) atoms. The summed E-state index contributed by atoms with van der Waals surface area (Å²) in [7, 11) is 4.76. The third kappa shape index (κ3) is 5.38. The molecule has 8 nitrogen and oxygen atoms in total. The normalized spacial score (nSPS) is 14.4. The summed E-state index contributed by atoms with van der Waals surface area (Å²) in [5, 5.41) is 6.00. The lowest BCUT2D eigenvalue weighted by molar-refractivity contribution is 0.0936. The monoisotopic (exact) mass is 489 g/mol. The molecule has 1 unspecified atom stereocenters. The number of carbonyl (C=O) groups excluding carboxylic acids is 2. The standard InChI is InChI=1S/C28H31N3O5/c1-18-6-5-7-21(14-18)30-28(33)31-13-12-20-15-25(35-3)26(36-4)16-23(20)24(31)17-29-27(32)19-8-10-22(34-2)11-9-19/h5-11,14-16,24H,12-13,17H2,1-4H3,(H,29,32)(H,30,33). The number of methoxy groups -OCH3 is 3. The van der Waals surface area contributed by atoms with Crippen LogP contribution in [0.25, 0.3) is 0 Å². The summed E-state index contributed by atoms with van der Waals surface area (Å²) in [4.78, 5) is 28.1. The summed E-state index contributed by atoms with van der Waals surface area (Å²) in [6.45, 7) is 2.70. The van der Waals surface area contributed by atoms with Crippen LogP contribution in [0.1, 0.15) is 33.1 Å². The van der Waals surface area contributed by atoms with E-state index in [9.17, 15) is 9.59 Å². The Hall–Kier alpha value is -4.20. The van der Waals surface area contributed by atoms with Crippen molar-refractivity contribution in [1.29, 1.82) is 0 Å². The van der Waals surface area contributed by atoms with E-state index in [1.807, 2.05) is 43.3 Å². The van der Waals surface area contributed by atoms with Crippen molar-refractivity contribution in [2.45, 2.75) is 19.4 Å². The molecule has 0 aromatic heterocycles. The van der Waals surface area contributed by atoms with Gasteiger partial charge in [-0.3, -0.25) is 4.79 Å². The molecule has 0 saturated heterocycles. The Labute approximate surface area is 211 Å². The van der Waals surface area contributed by atoms with E-state index < -0.39 is 6.04 Å². The number of anilines is 1. The van der Waals surface area contributed by atoms with Crippen molar-refractivity contribution >= 4 is 17.6 Å². The van der Waals surface area contributed by atoms with E-state index in [-0.39, 0.29) is 18.5 Å². The van der Waals surface area contributed by atoms with Crippen LogP contribution in [0.2, 0.25) is 0 Å². The van der Waals surface area contributed by atoms with Gasteiger partial charge in [0.1, 0.15) is 5.75 Å². The number of urea groups is 1. The van der Waals surface area contributed by atoms with Crippen molar-refractivity contribution in [3.63, 3.8) is 0 Å². The molecule has 1 heterocycles. The van der Waals surface area contributed by atoms with Crippen LogP contribution in [0.3, 0.4) is 0 Å². The average molecular weight is 490 g/mol. The molecule has 3 aromatic carbocycles. The molecule has 0 fully saturated rings. The van der Waals surface area contributed by atoms with E-state index in [0.29, 0.717) is 35.8 Å². The first-order valence-corrected chi connectivity index (χ1v) is 11.7. The highest BCUT2D eigenvalue weighted by molar-refractivity contribution is 5.94. The van der Waals surface area contributed by atoms with Gasteiger partial charge in [-0.05, 0) is 78.6 Å². The zero-order valence-electron chi connectivity index (χ0n) is 21.0. The maximum atomic E-state index is 13.4. The Morgan fingerprint density at radius 3 is 2.33 bits per heavy atom. The Morgan fingerprint density at radius 1 is 0.944 bits per heavy atom. The summed E-state index contributed by atoms with van der Waals surface area (Å²) < 4.78 is 16.2. The molecule has 0 bridgehead atoms. The first kappa shape index (κ1) is 24.9. The number of nitrogens with zero attached hydrogens (tertiary/aromatic N) is 1. The Bertz CT molecular complexity index is 1240. The molecular formula is C28H31N3O5. The number of hydrogen-bond donors (Lipinski definition) is 2. The van der Waals surface area contributed by atoms with Gasteiger partial charge in [0.2, 0.25) is 0 Å². The molecule has 0 radical (unpaired) electrons. The Balaban J connectivity index is 1.61. The van der Waals surface area contributed by atoms with Crippen molar-refractivity contribution < 1.29 is 23.8 Å². The van der Waals surface area contributed by atoms with Crippen LogP contribution in [0, 0.1) is 6.92 Å². The van der Waals surface area contributed by atoms with E-state index >= 15 is 0 Å². The number of nitrogens with one attached hydrogen (secondary N) is 2. The third-order valence-electron chi connectivity index (χ3n) is 6.34. The van der Waals surface area contributed by atoms with E-state index in [1.54, 1.807) is 50.5 Å². The van der Waals surface area contributed by atoms with Crippen molar-refractivity contribution in [2.24, 2.45) is 0 Å². The molecule has 4 rings (SSSR count). The number of rotatable bonds is 7. The molecule has 1 aliphatic rings. The van der Waals surface area contributed by atoms with E-state index in [4.69, 9.17) is 14.2 Å². The van der Waals surface area contributed by atoms with Crippen LogP contribution in [0.4, 0.5) is 10.5 Å². The molecular weight excluding hydrogens is 458 g/mol. The summed E-state index contributed by atoms with van der Waals surface area (Å²) in [5.74, 6) is 1.65. The Kier molecular flexibility index (Phi) is 7.63. The fourth-order valence-corrected chi connectivity index (χ4v) is 4.44. The molecule has 0 saturated carbocycles. The quantitative estimate of drug-likeness (QED) is 0.507. The third-order valence-corrected chi connectivity index (χ3v) is 6.34. The van der Waals surface area contributed by atoms with Gasteiger partial charge in [-0.2, -0.15) is 0 Å². The van der Waals surface area contributed by atoms with Gasteiger partial charge in [0.15, 0.2) is 11.5 Å². The summed E-state index contributed by atoms with van der Waals surface area (Å²) >= 11 is 0. The van der Waals surface area contributed by atoms with Crippen LogP contribution < -0.4 is 24.8 Å². The molecule has 0 aliphatic carbocycles. The van der Waals surface area contributed by atoms with Crippen LogP contribution >= 0.6 is 0 Å². The molecule has 0 spiro atoms. The fourth-order valence-electron chi connectivity index (χ4n) is 4.44. The van der Waals surface area contributed by atoms with Crippen LogP contribution in [0.5, 0.6) is 17.2 Å². The summed E-state index contributed by atoms with van der Waals surface area (Å²) in [5.41, 5.74) is 4.25. The van der Waals surface area contributed by atoms with Gasteiger partial charge in [0, 0.05) is 24.3 Å². The summed E-state index contributed by atoms with van der Waals surface area (Å²) in [6.07, 6.45) is 0.653. The SMILES string of the molecule is COc1ccc(C(=O)NCC2c3cc(OC)c(OC)cc3CCN2C(=O)Nc2cccc(C)c2)cc1. The number of hydrogen-bond acceptors (Lipinski definition) is 5. The highest BCUT2D eigenvalue weighted by Gasteiger charge is 2.32. The highest BCUT2D eigenvalue weighted by Crippen LogP contribution is 2.38. The van der Waals surface area contributed by atoms with Gasteiger partial charge in [0.25, 0.3) is 5.91 Å². The minimum Gasteiger partial charge on any atom is -0.497 e. The number of fused-ring (bicyclic) bond motifs is 1. The predicted molar refractivity (Wildman–Crippen MR) is 138 cm³/mol. The minimum atomic E-state index is -0.402. The molecule has 1 aliphatic heterocycles. The maximum Gasteiger partial charge on any atom is 0.322 e. The second-order valence-electron chi connectivity index (χ2n) is 8.60. The van der Waals surface area contributed by atoms with E-state index in [2.05, 4.69) is 10.6 Å². The molecule has 3 aromatic rings. The van der Waals surface area contributed by atoms with Gasteiger partial charge in [-0.1, -0.05) is 12.1 Å². The lowest BCUT2D eigenvalue weighted by atomic mass is 9.91. The summed E-state index contributed by atoms with van der Waals surface area (Å²) in [6, 6.07) is 17.8. The molecule has 3 amide bonds. The van der Waals surface area contributed by atoms with Gasteiger partial charge in [-0.15, -0.1) is 0 Å². The predicted octanol–water partition coefficient (Wildman–Crippen LogP) is 4.58. The molecule has 1 atom stereocenters. The van der Waals surface area contributed by atoms with Crippen molar-refractivity contribution in [1.82, 2.24) is 10.2 Å². The lowest BCUT2D eigenvalue weighted by Crippen LogP contribution is -2.46. The Morgan fingerprint density at radius 2 is 1.67 bits per heavy atom. The highest BCUT2D eigenvalue weighted by atomic mass is 16.5. The van der Waals surface area contributed by atoms with E-state index in [0.717, 1.165) is 22.4 Å². The van der Waals surface area contributed by atoms with Gasteiger partial charge in [0.05, 0.1) is 27.4 Å². The number of amides is 3. The van der Waals surface area contributed by atoms with Gasteiger partial charge in [-0.25, -0.2) is 4.79 Å².